The van der Waals surface area contributed by atoms with Gasteiger partial charge in [-0.05, 0) is 38.2 Å². The van der Waals surface area contributed by atoms with Crippen molar-refractivity contribution in [3.8, 4) is 0 Å². The topological polar surface area (TPSA) is 87.7 Å². The number of likely N-dealkylation sites (tertiary alicyclic amines) is 1. The monoisotopic (exact) mass is 449 g/mol. The second-order valence-electron chi connectivity index (χ2n) is 10.4. The van der Waals surface area contributed by atoms with Crippen LogP contribution in [0.25, 0.3) is 0 Å². The predicted octanol–water partition coefficient (Wildman–Crippen LogP) is 1.98. The summed E-state index contributed by atoms with van der Waals surface area (Å²) in [5.74, 6) is -1.72. The van der Waals surface area contributed by atoms with E-state index in [1.165, 1.54) is 0 Å². The van der Waals surface area contributed by atoms with Gasteiger partial charge in [0, 0.05) is 18.6 Å². The largest absolute Gasteiger partial charge is 0.359 e. The van der Waals surface area contributed by atoms with E-state index in [2.05, 4.69) is 10.6 Å². The summed E-state index contributed by atoms with van der Waals surface area (Å²) >= 11 is 0. The Labute approximate surface area is 193 Å². The first-order valence-corrected chi connectivity index (χ1v) is 12.3. The SMILES string of the molecule is Cc1ccc(CN2C(=O)[C@H]3[C@@H](C(=O)NC4CC4)[C@H]4C=C[C@@]3(O4)[C@@H]2C(=O)NC2CCCC2)cc1. The fourth-order valence-corrected chi connectivity index (χ4v) is 6.20. The summed E-state index contributed by atoms with van der Waals surface area (Å²) < 4.78 is 6.38. The lowest BCUT2D eigenvalue weighted by Crippen LogP contribution is -2.55. The number of nitrogens with zero attached hydrogens (tertiary/aromatic N) is 1. The number of hydrogen-bond acceptors (Lipinski definition) is 4. The Morgan fingerprint density at radius 3 is 2.39 bits per heavy atom. The molecule has 5 aliphatic rings. The second-order valence-corrected chi connectivity index (χ2v) is 10.4. The predicted molar refractivity (Wildman–Crippen MR) is 121 cm³/mol. The summed E-state index contributed by atoms with van der Waals surface area (Å²) in [6.45, 7) is 2.34. The number of fused-ring (bicyclic) bond motifs is 1. The van der Waals surface area contributed by atoms with Gasteiger partial charge in [0.15, 0.2) is 0 Å². The van der Waals surface area contributed by atoms with E-state index >= 15 is 0 Å². The highest BCUT2D eigenvalue weighted by Crippen LogP contribution is 2.55. The third kappa shape index (κ3) is 3.39. The standard InChI is InChI=1S/C26H31N3O4/c1-15-6-8-16(9-7-15)14-29-22(24(31)28-17-4-2-3-5-17)26-13-12-19(33-26)20(21(26)25(29)32)23(30)27-18-10-11-18/h6-9,12-13,17-22H,2-5,10-11,14H2,1H3,(H,27,30)(H,28,31)/t19-,20+,21-,22+,26+/m1/s1. The third-order valence-corrected chi connectivity index (χ3v) is 8.02. The van der Waals surface area contributed by atoms with Gasteiger partial charge in [0.2, 0.25) is 17.7 Å². The van der Waals surface area contributed by atoms with Crippen LogP contribution in [0.3, 0.4) is 0 Å². The molecule has 4 fully saturated rings. The molecule has 7 nitrogen and oxygen atoms in total. The van der Waals surface area contributed by atoms with Crippen LogP contribution in [0.15, 0.2) is 36.4 Å². The first kappa shape index (κ1) is 20.9. The van der Waals surface area contributed by atoms with E-state index in [-0.39, 0.29) is 29.8 Å². The van der Waals surface area contributed by atoms with Crippen LogP contribution in [0, 0.1) is 18.8 Å². The van der Waals surface area contributed by atoms with Gasteiger partial charge < -0.3 is 20.3 Å². The van der Waals surface area contributed by atoms with Gasteiger partial charge in [0.05, 0.1) is 17.9 Å². The van der Waals surface area contributed by atoms with Crippen LogP contribution in [0.2, 0.25) is 0 Å². The van der Waals surface area contributed by atoms with Crippen molar-refractivity contribution in [2.45, 2.75) is 81.8 Å². The average Bonchev–Trinajstić information content (AvgIpc) is 3.15. The van der Waals surface area contributed by atoms with Crippen molar-refractivity contribution < 1.29 is 19.1 Å². The summed E-state index contributed by atoms with van der Waals surface area (Å²) in [6.07, 6.45) is 9.42. The molecule has 2 saturated carbocycles. The number of amides is 3. The smallest absolute Gasteiger partial charge is 0.246 e. The van der Waals surface area contributed by atoms with Crippen molar-refractivity contribution in [2.24, 2.45) is 11.8 Å². The average molecular weight is 450 g/mol. The molecule has 2 aliphatic carbocycles. The molecule has 1 aromatic carbocycles. The Morgan fingerprint density at radius 1 is 1.03 bits per heavy atom. The zero-order valence-electron chi connectivity index (χ0n) is 19.0. The molecule has 1 spiro atoms. The van der Waals surface area contributed by atoms with E-state index in [0.29, 0.717) is 6.54 Å². The van der Waals surface area contributed by atoms with Crippen molar-refractivity contribution in [2.75, 3.05) is 0 Å². The Hall–Kier alpha value is -2.67. The highest BCUT2D eigenvalue weighted by molar-refractivity contribution is 6.00. The third-order valence-electron chi connectivity index (χ3n) is 8.02. The van der Waals surface area contributed by atoms with Crippen molar-refractivity contribution in [3.63, 3.8) is 0 Å². The Kier molecular flexibility index (Phi) is 4.87. The zero-order valence-corrected chi connectivity index (χ0v) is 19.0. The number of benzene rings is 1. The lowest BCUT2D eigenvalue weighted by molar-refractivity contribution is -0.142. The van der Waals surface area contributed by atoms with Crippen molar-refractivity contribution >= 4 is 17.7 Å². The minimum Gasteiger partial charge on any atom is -0.359 e. The van der Waals surface area contributed by atoms with E-state index in [0.717, 1.165) is 49.7 Å². The molecule has 3 heterocycles. The lowest BCUT2D eigenvalue weighted by Gasteiger charge is -2.33. The highest BCUT2D eigenvalue weighted by atomic mass is 16.5. The van der Waals surface area contributed by atoms with Gasteiger partial charge in [-0.25, -0.2) is 0 Å². The Bertz CT molecular complexity index is 1010. The fraction of sp³-hybridized carbons (Fsp3) is 0.577. The Balaban J connectivity index is 1.34. The van der Waals surface area contributed by atoms with Gasteiger partial charge in [0.25, 0.3) is 0 Å². The van der Waals surface area contributed by atoms with Crippen molar-refractivity contribution in [1.29, 1.82) is 0 Å². The number of nitrogens with one attached hydrogen (secondary N) is 2. The summed E-state index contributed by atoms with van der Waals surface area (Å²) in [5.41, 5.74) is 1.02. The van der Waals surface area contributed by atoms with E-state index in [1.54, 1.807) is 4.90 Å². The number of carbonyl (C=O) groups excluding carboxylic acids is 3. The molecular formula is C26H31N3O4. The van der Waals surface area contributed by atoms with Gasteiger partial charge in [-0.1, -0.05) is 54.8 Å². The number of aryl methyl sites for hydroxylation is 1. The van der Waals surface area contributed by atoms with Crippen LogP contribution in [-0.4, -0.2) is 52.5 Å². The molecule has 33 heavy (non-hydrogen) atoms. The molecule has 7 heteroatoms. The Morgan fingerprint density at radius 2 is 1.70 bits per heavy atom. The van der Waals surface area contributed by atoms with Crippen LogP contribution in [0.1, 0.15) is 49.7 Å². The van der Waals surface area contributed by atoms with E-state index in [1.807, 2.05) is 43.3 Å². The van der Waals surface area contributed by atoms with Crippen LogP contribution in [0.5, 0.6) is 0 Å². The second kappa shape index (κ2) is 7.69. The van der Waals surface area contributed by atoms with E-state index in [9.17, 15) is 14.4 Å². The van der Waals surface area contributed by atoms with Gasteiger partial charge in [-0.3, -0.25) is 14.4 Å². The highest BCUT2D eigenvalue weighted by Gasteiger charge is 2.72. The minimum atomic E-state index is -1.08. The zero-order chi connectivity index (χ0) is 22.7. The summed E-state index contributed by atoms with van der Waals surface area (Å²) in [6, 6.07) is 7.57. The number of ether oxygens (including phenoxy) is 1. The van der Waals surface area contributed by atoms with Gasteiger partial charge in [0.1, 0.15) is 11.6 Å². The van der Waals surface area contributed by atoms with E-state index in [4.69, 9.17) is 4.74 Å². The molecule has 1 aromatic rings. The molecule has 2 N–H and O–H groups in total. The molecule has 6 rings (SSSR count). The molecule has 2 bridgehead atoms. The van der Waals surface area contributed by atoms with Gasteiger partial charge in [-0.15, -0.1) is 0 Å². The maximum atomic E-state index is 13.9. The molecule has 0 radical (unpaired) electrons. The molecule has 2 saturated heterocycles. The van der Waals surface area contributed by atoms with Crippen molar-refractivity contribution in [3.05, 3.63) is 47.5 Å². The normalized spacial score (nSPS) is 34.7. The first-order valence-electron chi connectivity index (χ1n) is 12.3. The van der Waals surface area contributed by atoms with Crippen molar-refractivity contribution in [1.82, 2.24) is 15.5 Å². The number of rotatable bonds is 6. The van der Waals surface area contributed by atoms with Crippen LogP contribution >= 0.6 is 0 Å². The molecule has 0 aromatic heterocycles. The molecule has 174 valence electrons. The summed E-state index contributed by atoms with van der Waals surface area (Å²) in [5, 5.41) is 6.26. The summed E-state index contributed by atoms with van der Waals surface area (Å²) in [7, 11) is 0. The van der Waals surface area contributed by atoms with Gasteiger partial charge >= 0.3 is 0 Å². The molecular weight excluding hydrogens is 418 g/mol. The molecule has 5 atom stereocenters. The van der Waals surface area contributed by atoms with Gasteiger partial charge in [-0.2, -0.15) is 0 Å². The number of hydrogen-bond donors (Lipinski definition) is 2. The van der Waals surface area contributed by atoms with E-state index < -0.39 is 29.6 Å². The number of carbonyl (C=O) groups is 3. The molecule has 3 aliphatic heterocycles. The molecule has 3 amide bonds. The minimum absolute atomic E-state index is 0.126. The van der Waals surface area contributed by atoms with Crippen LogP contribution in [-0.2, 0) is 25.7 Å². The maximum absolute atomic E-state index is 13.9. The van der Waals surface area contributed by atoms with Crippen LogP contribution < -0.4 is 10.6 Å². The quantitative estimate of drug-likeness (QED) is 0.650. The summed E-state index contributed by atoms with van der Waals surface area (Å²) in [4.78, 5) is 42.3. The fourth-order valence-electron chi connectivity index (χ4n) is 6.20. The first-order chi connectivity index (χ1) is 16.0. The lowest BCUT2D eigenvalue weighted by atomic mass is 9.74. The van der Waals surface area contributed by atoms with Crippen LogP contribution in [0.4, 0.5) is 0 Å². The molecule has 0 unspecified atom stereocenters. The maximum Gasteiger partial charge on any atom is 0.246 e.